The highest BCUT2D eigenvalue weighted by Gasteiger charge is 2.18. The van der Waals surface area contributed by atoms with Crippen LogP contribution in [0.2, 0.25) is 0 Å². The molecular formula is C28H30N4O4. The molecule has 0 radical (unpaired) electrons. The van der Waals surface area contributed by atoms with Gasteiger partial charge < -0.3 is 24.5 Å². The fraction of sp³-hybridized carbons (Fsp3) is 0.214. The first-order valence-electron chi connectivity index (χ1n) is 11.6. The van der Waals surface area contributed by atoms with Crippen molar-refractivity contribution in [3.63, 3.8) is 0 Å². The molecule has 0 saturated heterocycles. The molecule has 4 aromatic rings. The van der Waals surface area contributed by atoms with E-state index in [0.29, 0.717) is 41.7 Å². The lowest BCUT2D eigenvalue weighted by Gasteiger charge is -2.16. The monoisotopic (exact) mass is 486 g/mol. The smallest absolute Gasteiger partial charge is 0.258 e. The van der Waals surface area contributed by atoms with Crippen LogP contribution in [0.1, 0.15) is 21.5 Å². The number of hydrogen-bond donors (Lipinski definition) is 3. The first-order valence-corrected chi connectivity index (χ1v) is 11.6. The Kier molecular flexibility index (Phi) is 7.75. The summed E-state index contributed by atoms with van der Waals surface area (Å²) in [5.41, 5.74) is 4.49. The van der Waals surface area contributed by atoms with Crippen LogP contribution in [0.15, 0.2) is 71.9 Å². The number of anilines is 1. The Morgan fingerprint density at radius 1 is 0.944 bits per heavy atom. The molecule has 8 heteroatoms. The highest BCUT2D eigenvalue weighted by Crippen LogP contribution is 2.38. The van der Waals surface area contributed by atoms with Crippen molar-refractivity contribution in [2.75, 3.05) is 33.2 Å². The minimum atomic E-state index is -0.360. The van der Waals surface area contributed by atoms with Gasteiger partial charge in [-0.05, 0) is 48.7 Å². The molecule has 1 heterocycles. The number of carbonyl (C=O) groups excluding carboxylic acids is 1. The van der Waals surface area contributed by atoms with Gasteiger partial charge in [-0.1, -0.05) is 36.4 Å². The zero-order valence-corrected chi connectivity index (χ0v) is 20.8. The van der Waals surface area contributed by atoms with Crippen molar-refractivity contribution in [2.45, 2.75) is 13.3 Å². The van der Waals surface area contributed by atoms with Crippen molar-refractivity contribution in [3.8, 4) is 17.2 Å². The Hall–Kier alpha value is -4.46. The van der Waals surface area contributed by atoms with E-state index in [2.05, 4.69) is 21.7 Å². The van der Waals surface area contributed by atoms with E-state index in [1.54, 1.807) is 12.1 Å². The van der Waals surface area contributed by atoms with E-state index in [9.17, 15) is 4.79 Å². The number of rotatable bonds is 8. The molecule has 0 aliphatic rings. The summed E-state index contributed by atoms with van der Waals surface area (Å²) in [6, 6.07) is 19.2. The summed E-state index contributed by atoms with van der Waals surface area (Å²) in [5, 5.41) is 7.34. The van der Waals surface area contributed by atoms with Crippen molar-refractivity contribution in [1.82, 2.24) is 10.3 Å². The summed E-state index contributed by atoms with van der Waals surface area (Å²) < 4.78 is 16.2. The Labute approximate surface area is 210 Å². The van der Waals surface area contributed by atoms with Crippen LogP contribution in [-0.2, 0) is 6.42 Å². The van der Waals surface area contributed by atoms with E-state index in [1.165, 1.54) is 32.3 Å². The second kappa shape index (κ2) is 11.3. The maximum Gasteiger partial charge on any atom is 0.258 e. The summed E-state index contributed by atoms with van der Waals surface area (Å²) in [5.74, 6) is 1.20. The minimum absolute atomic E-state index is 0.348. The van der Waals surface area contributed by atoms with Gasteiger partial charge in [0.1, 0.15) is 0 Å². The molecule has 0 aliphatic carbocycles. The lowest BCUT2D eigenvalue weighted by atomic mass is 10.1. The molecule has 3 aromatic carbocycles. The molecule has 0 spiro atoms. The number of aliphatic imine (C=N–C) groups is 1. The quantitative estimate of drug-likeness (QED) is 0.242. The lowest BCUT2D eigenvalue weighted by molar-refractivity contribution is 0.0976. The lowest BCUT2D eigenvalue weighted by Crippen LogP contribution is -2.36. The van der Waals surface area contributed by atoms with E-state index < -0.39 is 0 Å². The molecule has 8 nitrogen and oxygen atoms in total. The zero-order chi connectivity index (χ0) is 25.5. The Morgan fingerprint density at radius 3 is 2.33 bits per heavy atom. The Morgan fingerprint density at radius 2 is 1.64 bits per heavy atom. The van der Waals surface area contributed by atoms with Crippen molar-refractivity contribution in [2.24, 2.45) is 4.99 Å². The van der Waals surface area contributed by atoms with Gasteiger partial charge in [-0.25, -0.2) is 0 Å². The van der Waals surface area contributed by atoms with E-state index in [-0.39, 0.29) is 5.91 Å². The molecule has 0 saturated carbocycles. The van der Waals surface area contributed by atoms with Crippen LogP contribution >= 0.6 is 0 Å². The molecule has 4 rings (SSSR count). The molecule has 36 heavy (non-hydrogen) atoms. The number of aryl methyl sites for hydroxylation is 1. The van der Waals surface area contributed by atoms with Gasteiger partial charge in [0.05, 0.1) is 21.3 Å². The molecule has 0 fully saturated rings. The van der Waals surface area contributed by atoms with Gasteiger partial charge in [0.2, 0.25) is 11.7 Å². The average Bonchev–Trinajstić information content (AvgIpc) is 3.32. The van der Waals surface area contributed by atoms with Crippen LogP contribution in [0, 0.1) is 6.92 Å². The van der Waals surface area contributed by atoms with E-state index in [0.717, 1.165) is 16.8 Å². The van der Waals surface area contributed by atoms with Crippen LogP contribution in [-0.4, -0.2) is 44.7 Å². The normalized spacial score (nSPS) is 11.3. The van der Waals surface area contributed by atoms with Crippen molar-refractivity contribution >= 4 is 28.5 Å². The number of nitrogens with one attached hydrogen (secondary N) is 3. The molecule has 0 atom stereocenters. The Balaban J connectivity index is 1.58. The summed E-state index contributed by atoms with van der Waals surface area (Å²) in [6.45, 7) is 2.47. The third-order valence-electron chi connectivity index (χ3n) is 5.88. The number of aromatic nitrogens is 1. The molecule has 0 aliphatic heterocycles. The van der Waals surface area contributed by atoms with E-state index in [4.69, 9.17) is 19.2 Å². The summed E-state index contributed by atoms with van der Waals surface area (Å²) in [4.78, 5) is 21.2. The number of ether oxygens (including phenoxy) is 3. The number of carbonyl (C=O) groups is 1. The number of H-pyrrole nitrogens is 1. The second-order valence-electron chi connectivity index (χ2n) is 8.15. The highest BCUT2D eigenvalue weighted by molar-refractivity contribution is 6.10. The molecule has 3 N–H and O–H groups in total. The van der Waals surface area contributed by atoms with Crippen LogP contribution in [0.4, 0.5) is 5.69 Å². The number of para-hydroxylation sites is 2. The van der Waals surface area contributed by atoms with Crippen LogP contribution < -0.4 is 24.8 Å². The van der Waals surface area contributed by atoms with Gasteiger partial charge in [-0.3, -0.25) is 15.1 Å². The minimum Gasteiger partial charge on any atom is -0.493 e. The fourth-order valence-corrected chi connectivity index (χ4v) is 3.97. The van der Waals surface area contributed by atoms with Gasteiger partial charge in [0.15, 0.2) is 11.5 Å². The van der Waals surface area contributed by atoms with Crippen molar-refractivity contribution in [1.29, 1.82) is 0 Å². The van der Waals surface area contributed by atoms with Gasteiger partial charge in [-0.2, -0.15) is 0 Å². The summed E-state index contributed by atoms with van der Waals surface area (Å²) in [7, 11) is 4.54. The standard InChI is InChI=1S/C28H30N4O4/c1-18-9-5-7-11-22(18)31-28(29-14-13-19-17-30-23-12-8-6-10-21(19)23)32-27(33)20-15-24(34-2)26(36-4)25(16-20)35-3/h5-12,15-17,30H,13-14H2,1-4H3,(H2,29,31,32,33). The number of hydrogen-bond acceptors (Lipinski definition) is 5. The largest absolute Gasteiger partial charge is 0.493 e. The average molecular weight is 487 g/mol. The first kappa shape index (κ1) is 24.7. The second-order valence-corrected chi connectivity index (χ2v) is 8.15. The zero-order valence-electron chi connectivity index (χ0n) is 20.8. The number of methoxy groups -OCH3 is 3. The topological polar surface area (TPSA) is 97.0 Å². The van der Waals surface area contributed by atoms with Gasteiger partial charge in [0.25, 0.3) is 5.91 Å². The van der Waals surface area contributed by atoms with Gasteiger partial charge in [0, 0.05) is 34.9 Å². The third kappa shape index (κ3) is 5.43. The van der Waals surface area contributed by atoms with Crippen LogP contribution in [0.5, 0.6) is 17.2 Å². The Bertz CT molecular complexity index is 1370. The SMILES string of the molecule is COc1cc(C(=O)NC(=NCCc2c[nH]c3ccccc23)Nc2ccccc2C)cc(OC)c1OC. The van der Waals surface area contributed by atoms with E-state index >= 15 is 0 Å². The molecule has 1 amide bonds. The van der Waals surface area contributed by atoms with Gasteiger partial charge in [-0.15, -0.1) is 0 Å². The molecular weight excluding hydrogens is 456 g/mol. The number of benzene rings is 3. The van der Waals surface area contributed by atoms with Crippen LogP contribution in [0.3, 0.4) is 0 Å². The number of aromatic amines is 1. The third-order valence-corrected chi connectivity index (χ3v) is 5.88. The van der Waals surface area contributed by atoms with E-state index in [1.807, 2.05) is 55.6 Å². The molecule has 186 valence electrons. The fourth-order valence-electron chi connectivity index (χ4n) is 3.97. The first-order chi connectivity index (χ1) is 17.5. The van der Waals surface area contributed by atoms with Crippen LogP contribution in [0.25, 0.3) is 10.9 Å². The molecule has 0 unspecified atom stereocenters. The summed E-state index contributed by atoms with van der Waals surface area (Å²) >= 11 is 0. The summed E-state index contributed by atoms with van der Waals surface area (Å²) in [6.07, 6.45) is 2.71. The molecule has 1 aromatic heterocycles. The highest BCUT2D eigenvalue weighted by atomic mass is 16.5. The van der Waals surface area contributed by atoms with Gasteiger partial charge >= 0.3 is 0 Å². The maximum atomic E-state index is 13.2. The predicted octanol–water partition coefficient (Wildman–Crippen LogP) is 4.94. The van der Waals surface area contributed by atoms with Crippen molar-refractivity contribution < 1.29 is 19.0 Å². The maximum absolute atomic E-state index is 13.2. The van der Waals surface area contributed by atoms with Crippen molar-refractivity contribution in [3.05, 3.63) is 83.6 Å². The number of amides is 1. The number of fused-ring (bicyclic) bond motifs is 1. The number of guanidine groups is 1. The number of nitrogens with zero attached hydrogens (tertiary/aromatic N) is 1. The molecule has 0 bridgehead atoms. The predicted molar refractivity (Wildman–Crippen MR) is 143 cm³/mol.